The Kier molecular flexibility index (Phi) is 7.61. The van der Waals surface area contributed by atoms with Crippen LogP contribution in [0.5, 0.6) is 5.75 Å². The highest BCUT2D eigenvalue weighted by molar-refractivity contribution is 5.92. The topological polar surface area (TPSA) is 80.4 Å². The molecule has 0 heterocycles. The molecule has 0 aliphatic rings. The van der Waals surface area contributed by atoms with Crippen LogP contribution in [0.1, 0.15) is 29.2 Å². The summed E-state index contributed by atoms with van der Waals surface area (Å²) in [5.41, 5.74) is 5.95. The number of carbonyl (C=O) groups excluding carboxylic acids is 1. The number of hydrogen-bond acceptors (Lipinski definition) is 5. The van der Waals surface area contributed by atoms with E-state index >= 15 is 0 Å². The second-order valence-corrected chi connectivity index (χ2v) is 7.09. The number of amides is 2. The second kappa shape index (κ2) is 9.93. The number of hydrogen-bond donors (Lipinski definition) is 1. The molecule has 0 fully saturated rings. The largest absolute Gasteiger partial charge is 0.489 e. The Balaban J connectivity index is 2.19. The quantitative estimate of drug-likeness (QED) is 0.333. The van der Waals surface area contributed by atoms with Crippen molar-refractivity contribution in [3.05, 3.63) is 58.7 Å². The SMILES string of the molecule is CO/N=C(\C)Cc1ccc(OCc2c(C)cccc2N(C)C(=O)N(C)N)cc1C. The number of aryl methyl sites for hydroxylation is 2. The Hall–Kier alpha value is -3.06. The van der Waals surface area contributed by atoms with Gasteiger partial charge in [0.2, 0.25) is 0 Å². The molecule has 2 aromatic rings. The summed E-state index contributed by atoms with van der Waals surface area (Å²) in [6.45, 7) is 6.32. The minimum Gasteiger partial charge on any atom is -0.489 e. The molecule has 7 nitrogen and oxygen atoms in total. The number of hydrazine groups is 1. The van der Waals surface area contributed by atoms with Gasteiger partial charge in [-0.05, 0) is 55.7 Å². The minimum absolute atomic E-state index is 0.301. The number of oxime groups is 1. The lowest BCUT2D eigenvalue weighted by Crippen LogP contribution is -2.43. The van der Waals surface area contributed by atoms with Gasteiger partial charge in [0.05, 0.1) is 11.4 Å². The zero-order valence-corrected chi connectivity index (χ0v) is 18.0. The van der Waals surface area contributed by atoms with Crippen LogP contribution in [0.2, 0.25) is 0 Å². The molecule has 0 radical (unpaired) electrons. The van der Waals surface area contributed by atoms with Gasteiger partial charge < -0.3 is 9.57 Å². The van der Waals surface area contributed by atoms with Crippen LogP contribution in [0.3, 0.4) is 0 Å². The molecule has 7 heteroatoms. The second-order valence-electron chi connectivity index (χ2n) is 7.09. The van der Waals surface area contributed by atoms with Crippen LogP contribution in [0, 0.1) is 13.8 Å². The van der Waals surface area contributed by atoms with Gasteiger partial charge in [0.25, 0.3) is 0 Å². The maximum atomic E-state index is 12.3. The maximum Gasteiger partial charge on any atom is 0.338 e. The predicted molar refractivity (Wildman–Crippen MR) is 116 cm³/mol. The first kappa shape index (κ1) is 22.2. The zero-order chi connectivity index (χ0) is 21.6. The van der Waals surface area contributed by atoms with Gasteiger partial charge in [0.15, 0.2) is 0 Å². The van der Waals surface area contributed by atoms with E-state index in [9.17, 15) is 4.79 Å². The van der Waals surface area contributed by atoms with Crippen LogP contribution in [0.15, 0.2) is 41.6 Å². The van der Waals surface area contributed by atoms with Gasteiger partial charge in [-0.25, -0.2) is 10.6 Å². The van der Waals surface area contributed by atoms with Crippen LogP contribution in [-0.4, -0.2) is 38.0 Å². The summed E-state index contributed by atoms with van der Waals surface area (Å²) < 4.78 is 6.05. The van der Waals surface area contributed by atoms with Gasteiger partial charge in [-0.3, -0.25) is 9.91 Å². The average Bonchev–Trinajstić information content (AvgIpc) is 2.67. The van der Waals surface area contributed by atoms with E-state index < -0.39 is 0 Å². The van der Waals surface area contributed by atoms with Gasteiger partial charge in [0.1, 0.15) is 19.5 Å². The standard InChI is InChI=1S/C22H30N4O3/c1-15-8-7-9-21(25(4)22(27)26(5)23)20(15)14-29-19-11-10-18(16(2)12-19)13-17(3)24-28-6/h7-12H,13-14,23H2,1-6H3/b24-17+. The molecular formula is C22H30N4O3. The van der Waals surface area contributed by atoms with E-state index in [4.69, 9.17) is 15.4 Å². The Morgan fingerprint density at radius 3 is 2.48 bits per heavy atom. The first-order valence-electron chi connectivity index (χ1n) is 9.38. The highest BCUT2D eigenvalue weighted by atomic mass is 16.6. The molecule has 0 saturated heterocycles. The van der Waals surface area contributed by atoms with E-state index in [-0.39, 0.29) is 6.03 Å². The molecule has 0 aliphatic carbocycles. The van der Waals surface area contributed by atoms with Crippen molar-refractivity contribution in [1.29, 1.82) is 0 Å². The van der Waals surface area contributed by atoms with E-state index in [2.05, 4.69) is 5.16 Å². The van der Waals surface area contributed by atoms with Crippen molar-refractivity contribution >= 4 is 17.4 Å². The molecule has 0 aromatic heterocycles. The van der Waals surface area contributed by atoms with Crippen molar-refractivity contribution in [2.24, 2.45) is 11.0 Å². The number of nitrogens with zero attached hydrogens (tertiary/aromatic N) is 3. The van der Waals surface area contributed by atoms with Crippen LogP contribution in [0.25, 0.3) is 0 Å². The number of urea groups is 1. The van der Waals surface area contributed by atoms with Crippen molar-refractivity contribution in [1.82, 2.24) is 5.01 Å². The normalized spacial score (nSPS) is 11.2. The van der Waals surface area contributed by atoms with Crippen LogP contribution >= 0.6 is 0 Å². The fraction of sp³-hybridized carbons (Fsp3) is 0.364. The zero-order valence-electron chi connectivity index (χ0n) is 18.0. The van der Waals surface area contributed by atoms with Crippen LogP contribution in [-0.2, 0) is 17.9 Å². The van der Waals surface area contributed by atoms with Gasteiger partial charge >= 0.3 is 6.03 Å². The number of anilines is 1. The lowest BCUT2D eigenvalue weighted by Gasteiger charge is -2.25. The number of carbonyl (C=O) groups is 1. The molecule has 0 bridgehead atoms. The van der Waals surface area contributed by atoms with Crippen molar-refractivity contribution in [3.63, 3.8) is 0 Å². The third-order valence-electron chi connectivity index (χ3n) is 4.73. The third-order valence-corrected chi connectivity index (χ3v) is 4.73. The summed E-state index contributed by atoms with van der Waals surface area (Å²) in [7, 11) is 4.77. The highest BCUT2D eigenvalue weighted by Gasteiger charge is 2.18. The third kappa shape index (κ3) is 5.71. The van der Waals surface area contributed by atoms with E-state index in [0.29, 0.717) is 6.61 Å². The minimum atomic E-state index is -0.301. The summed E-state index contributed by atoms with van der Waals surface area (Å²) in [6.07, 6.45) is 0.724. The summed E-state index contributed by atoms with van der Waals surface area (Å²) in [4.78, 5) is 18.6. The summed E-state index contributed by atoms with van der Waals surface area (Å²) in [5, 5.41) is 5.02. The fourth-order valence-corrected chi connectivity index (χ4v) is 3.10. The molecule has 156 valence electrons. The molecule has 2 amide bonds. The molecule has 2 N–H and O–H groups in total. The van der Waals surface area contributed by atoms with E-state index in [0.717, 1.165) is 45.3 Å². The molecule has 0 unspecified atom stereocenters. The van der Waals surface area contributed by atoms with Crippen LogP contribution < -0.4 is 15.5 Å². The van der Waals surface area contributed by atoms with Crippen LogP contribution in [0.4, 0.5) is 10.5 Å². The molecule has 0 saturated carbocycles. The van der Waals surface area contributed by atoms with Crippen molar-refractivity contribution < 1.29 is 14.4 Å². The lowest BCUT2D eigenvalue weighted by atomic mass is 10.0. The molecule has 0 atom stereocenters. The van der Waals surface area contributed by atoms with Gasteiger partial charge in [-0.1, -0.05) is 23.4 Å². The first-order valence-corrected chi connectivity index (χ1v) is 9.38. The molecule has 29 heavy (non-hydrogen) atoms. The number of rotatable bonds is 7. The summed E-state index contributed by atoms with van der Waals surface area (Å²) in [6, 6.07) is 11.5. The first-order chi connectivity index (χ1) is 13.7. The number of benzene rings is 2. The summed E-state index contributed by atoms with van der Waals surface area (Å²) in [5.74, 6) is 6.38. The Bertz CT molecular complexity index is 894. The maximum absolute atomic E-state index is 12.3. The van der Waals surface area contributed by atoms with E-state index in [1.54, 1.807) is 14.2 Å². The molecular weight excluding hydrogens is 368 g/mol. The van der Waals surface area contributed by atoms with Crippen molar-refractivity contribution in [2.75, 3.05) is 26.1 Å². The molecule has 2 aromatic carbocycles. The Labute approximate surface area is 172 Å². The van der Waals surface area contributed by atoms with Gasteiger partial charge in [0, 0.05) is 26.1 Å². The van der Waals surface area contributed by atoms with Gasteiger partial charge in [-0.15, -0.1) is 0 Å². The highest BCUT2D eigenvalue weighted by Crippen LogP contribution is 2.26. The fourth-order valence-electron chi connectivity index (χ4n) is 3.10. The average molecular weight is 399 g/mol. The molecule has 2 rings (SSSR count). The Morgan fingerprint density at radius 2 is 1.86 bits per heavy atom. The monoisotopic (exact) mass is 398 g/mol. The number of nitrogens with two attached hydrogens (primary N) is 1. The Morgan fingerprint density at radius 1 is 1.14 bits per heavy atom. The predicted octanol–water partition coefficient (Wildman–Crippen LogP) is 3.81. The molecule has 0 aliphatic heterocycles. The van der Waals surface area contributed by atoms with Crippen molar-refractivity contribution in [3.8, 4) is 5.75 Å². The smallest absolute Gasteiger partial charge is 0.338 e. The lowest BCUT2D eigenvalue weighted by molar-refractivity contribution is 0.212. The van der Waals surface area contributed by atoms with E-state index in [1.807, 2.05) is 57.2 Å². The van der Waals surface area contributed by atoms with E-state index in [1.165, 1.54) is 17.5 Å². The molecule has 0 spiro atoms. The summed E-state index contributed by atoms with van der Waals surface area (Å²) >= 11 is 0. The number of ether oxygens (including phenoxy) is 1. The van der Waals surface area contributed by atoms with Gasteiger partial charge in [-0.2, -0.15) is 0 Å². The van der Waals surface area contributed by atoms with Crippen molar-refractivity contribution in [2.45, 2.75) is 33.8 Å².